The Bertz CT molecular complexity index is 4190. The molecule has 2 aliphatic heterocycles. The minimum absolute atomic E-state index is 0.0964. The normalized spacial score (nSPS) is 21.4. The fourth-order valence-corrected chi connectivity index (χ4v) is 14.2. The molecule has 0 bridgehead atoms. The summed E-state index contributed by atoms with van der Waals surface area (Å²) in [6.45, 7) is 34.1. The summed E-state index contributed by atoms with van der Waals surface area (Å²) >= 11 is 0. The van der Waals surface area contributed by atoms with Crippen molar-refractivity contribution < 1.29 is 18.1 Å². The molecule has 1 aromatic heterocycles. The second-order valence-corrected chi connectivity index (χ2v) is 28.3. The fraction of sp³-hybridized carbons (Fsp3) is 0.389. The van der Waals surface area contributed by atoms with E-state index in [9.17, 15) is 5.48 Å². The van der Waals surface area contributed by atoms with Crippen LogP contribution in [-0.2, 0) is 37.9 Å². The van der Waals surface area contributed by atoms with Gasteiger partial charge in [-0.25, -0.2) is 0 Å². The van der Waals surface area contributed by atoms with E-state index >= 15 is 0 Å². The van der Waals surface area contributed by atoms with Gasteiger partial charge in [0, 0.05) is 45.2 Å². The molecule has 0 spiro atoms. The first-order valence-electron chi connectivity index (χ1n) is 33.2. The third kappa shape index (κ3) is 7.66. The van der Waals surface area contributed by atoms with Gasteiger partial charge in [0.05, 0.1) is 30.7 Å². The van der Waals surface area contributed by atoms with E-state index in [0.29, 0.717) is 11.4 Å². The van der Waals surface area contributed by atoms with E-state index in [0.717, 1.165) is 94.4 Å². The third-order valence-electron chi connectivity index (χ3n) is 19.4. The van der Waals surface area contributed by atoms with Crippen molar-refractivity contribution in [2.75, 3.05) is 14.7 Å². The number of nitrogens with zero attached hydrogens (tertiary/aromatic N) is 3. The number of furan rings is 1. The van der Waals surface area contributed by atoms with Crippen LogP contribution in [0.25, 0.3) is 11.0 Å². The molecule has 0 saturated carbocycles. The number of hydrogen-bond acceptors (Lipinski definition) is 4. The van der Waals surface area contributed by atoms with Crippen molar-refractivity contribution in [3.8, 4) is 0 Å². The summed E-state index contributed by atoms with van der Waals surface area (Å²) in [5, 5.41) is 0.933. The van der Waals surface area contributed by atoms with Gasteiger partial charge in [-0.05, 0) is 205 Å². The smallest absolute Gasteiger partial charge is 0.297 e. The Morgan fingerprint density at radius 1 is 0.468 bits per heavy atom. The van der Waals surface area contributed by atoms with Crippen LogP contribution in [-0.4, -0.2) is 6.71 Å². The number of hydrogen-bond donors (Lipinski definition) is 0. The van der Waals surface area contributed by atoms with Crippen LogP contribution in [0.2, 0.25) is 0 Å². The standard InChI is InChI=1S/C72H80BN3O/c1-66(2,3)45-26-28-48(29-27-45)76-61-40-50(74(46-22-18-16-19-23-46)47-24-20-17-21-25-47)39-60-63(61)73(65-64(76)51-41-54-57(44-62(51)77-65)72(14,15)37-34-69(54,8)9)58-42-55-56(71(12,13)36-35-70(55,10)11)43-59(58)75(60)49-30-31-52-53(38-49)68(6,7)33-32-67(52,4)5/h16-31,38-44H,32-37H2,1-15H3/i16D,17D,18D,19D,20D,21D,22D,23D,24D,25D. The van der Waals surface area contributed by atoms with Gasteiger partial charge in [0.1, 0.15) is 5.58 Å². The van der Waals surface area contributed by atoms with Crippen molar-refractivity contribution in [3.05, 3.63) is 178 Å². The summed E-state index contributed by atoms with van der Waals surface area (Å²) in [5.41, 5.74) is 15.5. The fourth-order valence-electron chi connectivity index (χ4n) is 14.2. The molecule has 0 amide bonds. The second kappa shape index (κ2) is 16.5. The lowest BCUT2D eigenvalue weighted by Gasteiger charge is -2.47. The molecule has 3 heterocycles. The monoisotopic (exact) mass is 1020 g/mol. The maximum Gasteiger partial charge on any atom is 0.297 e. The number of anilines is 9. The lowest BCUT2D eigenvalue weighted by molar-refractivity contribution is 0.332. The third-order valence-corrected chi connectivity index (χ3v) is 19.4. The molecule has 8 aromatic rings. The first-order valence-corrected chi connectivity index (χ1v) is 28.2. The Morgan fingerprint density at radius 3 is 1.45 bits per heavy atom. The molecule has 4 nitrogen and oxygen atoms in total. The van der Waals surface area contributed by atoms with Gasteiger partial charge in [-0.1, -0.05) is 164 Å². The Balaban J connectivity index is 1.26. The minimum atomic E-state index is -0.627. The SMILES string of the molecule is [2H]c1c([2H])c([2H])c(N(c2cc3c4c(c2)N(c2ccc(C(C)(C)C)cc2)c2c(oc5cc6c(cc25)C(C)(C)CCC6(C)C)B4c2cc4c(cc2N3c2ccc3c(c2)C(C)(C)CCC3(C)C)C(C)(C)CCC4(C)C)c2c([2H])c([2H])c([2H])c([2H])c2[2H])c([2H])c1[2H]. The first kappa shape index (κ1) is 39.8. The van der Waals surface area contributed by atoms with Crippen LogP contribution >= 0.6 is 0 Å². The Hall–Kier alpha value is -6.46. The summed E-state index contributed by atoms with van der Waals surface area (Å²) in [6, 6.07) is 22.9. The van der Waals surface area contributed by atoms with Crippen molar-refractivity contribution in [1.29, 1.82) is 0 Å². The molecule has 0 fully saturated rings. The number of para-hydroxylation sites is 2. The molecule has 0 N–H and O–H groups in total. The highest BCUT2D eigenvalue weighted by Gasteiger charge is 2.51. The first-order chi connectivity index (χ1) is 40.4. The molecule has 0 radical (unpaired) electrons. The molecule has 0 unspecified atom stereocenters. The van der Waals surface area contributed by atoms with Crippen LogP contribution in [0.4, 0.5) is 51.2 Å². The summed E-state index contributed by atoms with van der Waals surface area (Å²) in [4.78, 5) is 5.96. The van der Waals surface area contributed by atoms with Crippen LogP contribution < -0.4 is 31.3 Å². The van der Waals surface area contributed by atoms with E-state index in [1.807, 2.05) is 12.1 Å². The van der Waals surface area contributed by atoms with E-state index in [1.54, 1.807) is 0 Å². The van der Waals surface area contributed by atoms with Crippen LogP contribution in [0.5, 0.6) is 0 Å². The van der Waals surface area contributed by atoms with Crippen LogP contribution in [0.15, 0.2) is 144 Å². The van der Waals surface area contributed by atoms with Crippen molar-refractivity contribution in [2.45, 2.75) is 180 Å². The average molecular weight is 1020 g/mol. The molecule has 7 aromatic carbocycles. The quantitative estimate of drug-likeness (QED) is 0.160. The van der Waals surface area contributed by atoms with Gasteiger partial charge >= 0.3 is 0 Å². The van der Waals surface area contributed by atoms with Gasteiger partial charge in [-0.2, -0.15) is 0 Å². The van der Waals surface area contributed by atoms with Gasteiger partial charge in [0.2, 0.25) is 0 Å². The predicted molar refractivity (Wildman–Crippen MR) is 329 cm³/mol. The van der Waals surface area contributed by atoms with Gasteiger partial charge < -0.3 is 19.1 Å². The molecular formula is C72H80BN3O. The van der Waals surface area contributed by atoms with Crippen LogP contribution in [0, 0.1) is 0 Å². The molecule has 5 aliphatic rings. The highest BCUT2D eigenvalue weighted by atomic mass is 16.3. The average Bonchev–Trinajstić information content (AvgIpc) is 1.68. The molecule has 5 heteroatoms. The number of benzene rings is 7. The van der Waals surface area contributed by atoms with E-state index < -0.39 is 67.1 Å². The Morgan fingerprint density at radius 2 is 0.922 bits per heavy atom. The van der Waals surface area contributed by atoms with Crippen molar-refractivity contribution >= 4 is 85.5 Å². The maximum absolute atomic E-state index is 9.72. The van der Waals surface area contributed by atoms with Gasteiger partial charge in [0.25, 0.3) is 6.71 Å². The largest absolute Gasteiger partial charge is 0.468 e. The van der Waals surface area contributed by atoms with Gasteiger partial charge in [-0.3, -0.25) is 0 Å². The van der Waals surface area contributed by atoms with Gasteiger partial charge in [0.15, 0.2) is 0 Å². The molecule has 3 aliphatic carbocycles. The summed E-state index contributed by atoms with van der Waals surface area (Å²) in [5.74, 6) is 0. The lowest BCUT2D eigenvalue weighted by Crippen LogP contribution is -2.61. The van der Waals surface area contributed by atoms with Crippen molar-refractivity contribution in [1.82, 2.24) is 0 Å². The van der Waals surface area contributed by atoms with Gasteiger partial charge in [-0.15, -0.1) is 0 Å². The zero-order chi connectivity index (χ0) is 62.8. The Labute approximate surface area is 475 Å². The van der Waals surface area contributed by atoms with E-state index in [1.165, 1.54) is 38.3 Å². The van der Waals surface area contributed by atoms with Crippen molar-refractivity contribution in [2.24, 2.45) is 0 Å². The second-order valence-electron chi connectivity index (χ2n) is 28.3. The number of fused-ring (bicyclic) bond motifs is 9. The van der Waals surface area contributed by atoms with Crippen LogP contribution in [0.3, 0.4) is 0 Å². The molecule has 0 saturated heterocycles. The predicted octanol–water partition coefficient (Wildman–Crippen LogP) is 18.3. The highest BCUT2D eigenvalue weighted by molar-refractivity contribution is 7.00. The summed E-state index contributed by atoms with van der Waals surface area (Å²) in [6.07, 6.45) is 6.00. The topological polar surface area (TPSA) is 22.9 Å². The molecule has 13 rings (SSSR count). The molecular weight excluding hydrogens is 934 g/mol. The maximum atomic E-state index is 9.72. The Kier molecular flexibility index (Phi) is 8.56. The van der Waals surface area contributed by atoms with E-state index in [-0.39, 0.29) is 55.0 Å². The zero-order valence-electron chi connectivity index (χ0n) is 58.1. The summed E-state index contributed by atoms with van der Waals surface area (Å²) in [7, 11) is 0. The van der Waals surface area contributed by atoms with Crippen LogP contribution in [0.1, 0.15) is 195 Å². The molecule has 0 atom stereocenters. The minimum Gasteiger partial charge on any atom is -0.468 e. The highest BCUT2D eigenvalue weighted by Crippen LogP contribution is 2.56. The zero-order valence-corrected chi connectivity index (χ0v) is 48.1. The van der Waals surface area contributed by atoms with Crippen molar-refractivity contribution in [3.63, 3.8) is 0 Å². The van der Waals surface area contributed by atoms with E-state index in [2.05, 4.69) is 180 Å². The molecule has 392 valence electrons. The number of rotatable bonds is 5. The molecule has 77 heavy (non-hydrogen) atoms. The van der Waals surface area contributed by atoms with E-state index in [4.69, 9.17) is 12.6 Å². The lowest BCUT2D eigenvalue weighted by atomic mass is 9.35. The summed E-state index contributed by atoms with van der Waals surface area (Å²) < 4.78 is 101.